The second-order valence-corrected chi connectivity index (χ2v) is 4.78. The fraction of sp³-hybridized carbons (Fsp3) is 0.118. The van der Waals surface area contributed by atoms with Crippen LogP contribution in [0.3, 0.4) is 0 Å². The molecule has 104 valence electrons. The number of nitrogens with zero attached hydrogens (tertiary/aromatic N) is 2. The zero-order valence-electron chi connectivity index (χ0n) is 11.4. The third-order valence-electron chi connectivity index (χ3n) is 3.33. The number of aromatic nitrogens is 1. The van der Waals surface area contributed by atoms with Crippen LogP contribution in [0.25, 0.3) is 17.0 Å². The van der Waals surface area contributed by atoms with E-state index in [0.29, 0.717) is 18.7 Å². The Morgan fingerprint density at radius 2 is 2.05 bits per heavy atom. The van der Waals surface area contributed by atoms with Gasteiger partial charge in [0.1, 0.15) is 0 Å². The van der Waals surface area contributed by atoms with Crippen molar-refractivity contribution in [3.8, 4) is 0 Å². The van der Waals surface area contributed by atoms with Crippen LogP contribution in [0.1, 0.15) is 12.1 Å². The topological polar surface area (TPSA) is 50.3 Å². The molecule has 3 rings (SSSR count). The number of imide groups is 1. The summed E-state index contributed by atoms with van der Waals surface area (Å²) in [6.45, 7) is 0.434. The molecule has 4 nitrogen and oxygen atoms in total. The van der Waals surface area contributed by atoms with Crippen molar-refractivity contribution in [3.63, 3.8) is 0 Å². The summed E-state index contributed by atoms with van der Waals surface area (Å²) >= 11 is 0. The first kappa shape index (κ1) is 13.2. The van der Waals surface area contributed by atoms with E-state index in [2.05, 4.69) is 4.98 Å². The summed E-state index contributed by atoms with van der Waals surface area (Å²) in [5, 5.41) is 1.05. The number of fused-ring (bicyclic) bond motifs is 1. The van der Waals surface area contributed by atoms with Crippen molar-refractivity contribution in [1.29, 1.82) is 0 Å². The highest BCUT2D eigenvalue weighted by Gasteiger charge is 2.18. The van der Waals surface area contributed by atoms with Crippen molar-refractivity contribution in [2.75, 3.05) is 6.54 Å². The van der Waals surface area contributed by atoms with Gasteiger partial charge in [-0.2, -0.15) is 0 Å². The molecule has 1 aliphatic rings. The molecule has 0 spiro atoms. The van der Waals surface area contributed by atoms with Gasteiger partial charge < -0.3 is 0 Å². The van der Waals surface area contributed by atoms with E-state index in [1.165, 1.54) is 17.1 Å². The number of hydrogen-bond donors (Lipinski definition) is 0. The molecule has 0 N–H and O–H groups in total. The Bertz CT molecular complexity index is 762. The molecule has 2 amide bonds. The molecule has 0 radical (unpaired) electrons. The average molecular weight is 278 g/mol. The van der Waals surface area contributed by atoms with Gasteiger partial charge in [-0.1, -0.05) is 30.3 Å². The Morgan fingerprint density at radius 3 is 2.90 bits per heavy atom. The number of amides is 2. The molecule has 0 bridgehead atoms. The minimum absolute atomic E-state index is 0.262. The van der Waals surface area contributed by atoms with E-state index >= 15 is 0 Å². The number of carbonyl (C=O) groups is 2. The molecular weight excluding hydrogens is 264 g/mol. The predicted octanol–water partition coefficient (Wildman–Crippen LogP) is 2.56. The van der Waals surface area contributed by atoms with Crippen molar-refractivity contribution < 1.29 is 9.59 Å². The summed E-state index contributed by atoms with van der Waals surface area (Å²) in [4.78, 5) is 29.3. The van der Waals surface area contributed by atoms with Gasteiger partial charge in [-0.25, -0.2) is 4.98 Å². The smallest absolute Gasteiger partial charge is 0.253 e. The van der Waals surface area contributed by atoms with E-state index < -0.39 is 0 Å². The first-order chi connectivity index (χ1) is 10.2. The first-order valence-electron chi connectivity index (χ1n) is 6.80. The van der Waals surface area contributed by atoms with Crippen LogP contribution in [0.2, 0.25) is 0 Å². The largest absolute Gasteiger partial charge is 0.275 e. The SMILES string of the molecule is O=C1C=CCCN1C(=O)/C=C/c1ccc2ccccc2n1. The lowest BCUT2D eigenvalue weighted by Gasteiger charge is -2.19. The number of pyridine rings is 1. The number of carbonyl (C=O) groups excluding carboxylic acids is 2. The van der Waals surface area contributed by atoms with Crippen LogP contribution in [0, 0.1) is 0 Å². The van der Waals surface area contributed by atoms with Crippen LogP contribution in [0.15, 0.2) is 54.6 Å². The van der Waals surface area contributed by atoms with Gasteiger partial charge in [0.05, 0.1) is 11.2 Å². The lowest BCUT2D eigenvalue weighted by molar-refractivity contribution is -0.139. The van der Waals surface area contributed by atoms with Crippen LogP contribution in [-0.2, 0) is 9.59 Å². The van der Waals surface area contributed by atoms with Gasteiger partial charge in [0, 0.05) is 18.0 Å². The van der Waals surface area contributed by atoms with Crippen molar-refractivity contribution in [2.45, 2.75) is 6.42 Å². The van der Waals surface area contributed by atoms with Crippen LogP contribution >= 0.6 is 0 Å². The summed E-state index contributed by atoms with van der Waals surface area (Å²) in [6, 6.07) is 11.6. The molecule has 0 unspecified atom stereocenters. The van der Waals surface area contributed by atoms with E-state index in [-0.39, 0.29) is 11.8 Å². The van der Waals surface area contributed by atoms with Gasteiger partial charge in [-0.15, -0.1) is 0 Å². The maximum absolute atomic E-state index is 12.0. The Hall–Kier alpha value is -2.75. The molecule has 1 aliphatic heterocycles. The molecule has 1 aromatic heterocycles. The molecule has 0 saturated heterocycles. The van der Waals surface area contributed by atoms with Gasteiger partial charge in [-0.05, 0) is 30.7 Å². The minimum Gasteiger partial charge on any atom is -0.275 e. The Balaban J connectivity index is 1.79. The van der Waals surface area contributed by atoms with Gasteiger partial charge >= 0.3 is 0 Å². The van der Waals surface area contributed by atoms with Crippen molar-refractivity contribution >= 4 is 28.8 Å². The quantitative estimate of drug-likeness (QED) is 0.793. The molecule has 0 aliphatic carbocycles. The fourth-order valence-electron chi connectivity index (χ4n) is 2.23. The molecule has 2 aromatic rings. The monoisotopic (exact) mass is 278 g/mol. The molecule has 2 heterocycles. The van der Waals surface area contributed by atoms with Crippen LogP contribution < -0.4 is 0 Å². The van der Waals surface area contributed by atoms with E-state index in [1.54, 1.807) is 12.2 Å². The van der Waals surface area contributed by atoms with E-state index in [4.69, 9.17) is 0 Å². The van der Waals surface area contributed by atoms with E-state index in [0.717, 1.165) is 10.9 Å². The molecule has 0 fully saturated rings. The summed E-state index contributed by atoms with van der Waals surface area (Å²) < 4.78 is 0. The highest BCUT2D eigenvalue weighted by atomic mass is 16.2. The molecular formula is C17H14N2O2. The summed E-state index contributed by atoms with van der Waals surface area (Å²) in [6.07, 6.45) is 6.96. The molecule has 0 atom stereocenters. The number of hydrogen-bond acceptors (Lipinski definition) is 3. The average Bonchev–Trinajstić information content (AvgIpc) is 2.53. The molecule has 21 heavy (non-hydrogen) atoms. The van der Waals surface area contributed by atoms with Crippen LogP contribution in [0.5, 0.6) is 0 Å². The van der Waals surface area contributed by atoms with Crippen molar-refractivity contribution in [1.82, 2.24) is 9.88 Å². The predicted molar refractivity (Wildman–Crippen MR) is 81.3 cm³/mol. The Labute approximate surface area is 122 Å². The van der Waals surface area contributed by atoms with E-state index in [9.17, 15) is 9.59 Å². The fourth-order valence-corrected chi connectivity index (χ4v) is 2.23. The van der Waals surface area contributed by atoms with Gasteiger partial charge in [0.2, 0.25) is 0 Å². The van der Waals surface area contributed by atoms with Gasteiger partial charge in [0.15, 0.2) is 0 Å². The normalized spacial score (nSPS) is 15.0. The number of rotatable bonds is 2. The highest BCUT2D eigenvalue weighted by Crippen LogP contribution is 2.13. The van der Waals surface area contributed by atoms with E-state index in [1.807, 2.05) is 36.4 Å². The van der Waals surface area contributed by atoms with Crippen LogP contribution in [0.4, 0.5) is 0 Å². The number of para-hydroxylation sites is 1. The second kappa shape index (κ2) is 5.71. The second-order valence-electron chi connectivity index (χ2n) is 4.78. The van der Waals surface area contributed by atoms with Crippen molar-refractivity contribution in [3.05, 3.63) is 60.3 Å². The third kappa shape index (κ3) is 2.89. The Morgan fingerprint density at radius 1 is 1.19 bits per heavy atom. The first-order valence-corrected chi connectivity index (χ1v) is 6.80. The van der Waals surface area contributed by atoms with Crippen molar-refractivity contribution in [2.24, 2.45) is 0 Å². The third-order valence-corrected chi connectivity index (χ3v) is 3.33. The maximum Gasteiger partial charge on any atom is 0.253 e. The molecule has 1 aromatic carbocycles. The summed E-state index contributed by atoms with van der Waals surface area (Å²) in [5.41, 5.74) is 1.58. The lowest BCUT2D eigenvalue weighted by Crippen LogP contribution is -2.37. The maximum atomic E-state index is 12.0. The van der Waals surface area contributed by atoms with Gasteiger partial charge in [0.25, 0.3) is 11.8 Å². The van der Waals surface area contributed by atoms with Crippen LogP contribution in [-0.4, -0.2) is 28.2 Å². The molecule has 0 saturated carbocycles. The minimum atomic E-state index is -0.306. The standard InChI is InChI=1S/C17H14N2O2/c20-16-7-3-4-12-19(16)17(21)11-10-14-9-8-13-5-1-2-6-15(13)18-14/h1-3,5-11H,4,12H2/b11-10+. The zero-order chi connectivity index (χ0) is 14.7. The Kier molecular flexibility index (Phi) is 3.60. The highest BCUT2D eigenvalue weighted by molar-refractivity contribution is 6.06. The summed E-state index contributed by atoms with van der Waals surface area (Å²) in [5.74, 6) is -0.568. The molecule has 4 heteroatoms. The zero-order valence-corrected chi connectivity index (χ0v) is 11.4. The summed E-state index contributed by atoms with van der Waals surface area (Å²) in [7, 11) is 0. The number of benzene rings is 1. The van der Waals surface area contributed by atoms with Gasteiger partial charge in [-0.3, -0.25) is 14.5 Å². The lowest BCUT2D eigenvalue weighted by atomic mass is 10.2.